The molecule has 1 amide bonds. The van der Waals surface area contributed by atoms with Crippen molar-refractivity contribution in [3.8, 4) is 5.75 Å². The number of aryl methyl sites for hydroxylation is 1. The number of carbonyl (C=O) groups excluding carboxylic acids is 1. The normalized spacial score (nSPS) is 10.2. The van der Waals surface area contributed by atoms with Gasteiger partial charge in [-0.25, -0.2) is 0 Å². The van der Waals surface area contributed by atoms with Gasteiger partial charge in [0.2, 0.25) is 0 Å². The second kappa shape index (κ2) is 4.89. The number of phenols is 1. The van der Waals surface area contributed by atoms with Gasteiger partial charge in [-0.3, -0.25) is 4.79 Å². The molecular weight excluding hydrogens is 302 g/mol. The lowest BCUT2D eigenvalue weighted by Crippen LogP contribution is -2.11. The summed E-state index contributed by atoms with van der Waals surface area (Å²) in [5.74, 6) is 0.0412. The summed E-state index contributed by atoms with van der Waals surface area (Å²) in [7, 11) is 0. The van der Waals surface area contributed by atoms with Gasteiger partial charge in [0.25, 0.3) is 5.91 Å². The maximum absolute atomic E-state index is 11.9. The van der Waals surface area contributed by atoms with Gasteiger partial charge in [0, 0.05) is 11.1 Å². The summed E-state index contributed by atoms with van der Waals surface area (Å²) < 4.78 is 0.921. The zero-order valence-corrected chi connectivity index (χ0v) is 11.4. The molecule has 0 spiro atoms. The van der Waals surface area contributed by atoms with Crippen LogP contribution in [0.25, 0.3) is 0 Å². The summed E-state index contributed by atoms with van der Waals surface area (Å²) in [6, 6.07) is 6.62. The maximum Gasteiger partial charge on any atom is 0.256 e. The van der Waals surface area contributed by atoms with E-state index >= 15 is 0 Å². The van der Waals surface area contributed by atoms with Crippen LogP contribution in [0.2, 0.25) is 0 Å². The topological polar surface area (TPSA) is 49.3 Å². The van der Waals surface area contributed by atoms with E-state index in [-0.39, 0.29) is 11.7 Å². The molecule has 5 heteroatoms. The third-order valence-corrected chi connectivity index (χ3v) is 3.79. The lowest BCUT2D eigenvalue weighted by Gasteiger charge is -2.07. The summed E-state index contributed by atoms with van der Waals surface area (Å²) in [4.78, 5) is 11.9. The van der Waals surface area contributed by atoms with E-state index in [0.29, 0.717) is 11.3 Å². The van der Waals surface area contributed by atoms with E-state index < -0.39 is 0 Å². The lowest BCUT2D eigenvalue weighted by atomic mass is 10.2. The van der Waals surface area contributed by atoms with Gasteiger partial charge in [-0.15, -0.1) is 11.3 Å². The highest BCUT2D eigenvalue weighted by molar-refractivity contribution is 9.11. The monoisotopic (exact) mass is 311 g/mol. The fourth-order valence-corrected chi connectivity index (χ4v) is 2.55. The molecule has 1 aromatic heterocycles. The highest BCUT2D eigenvalue weighted by atomic mass is 79.9. The van der Waals surface area contributed by atoms with Crippen molar-refractivity contribution in [2.45, 2.75) is 6.92 Å². The second-order valence-electron chi connectivity index (χ2n) is 3.59. The van der Waals surface area contributed by atoms with Gasteiger partial charge in [-0.05, 0) is 52.7 Å². The zero-order chi connectivity index (χ0) is 12.4. The molecule has 0 radical (unpaired) electrons. The second-order valence-corrected chi connectivity index (χ2v) is 5.88. The minimum Gasteiger partial charge on any atom is -0.508 e. The standard InChI is InChI=1S/C12H10BrNO2S/c1-7-4-9(15)2-3-10(7)14-12(16)8-5-11(13)17-6-8/h2-6,15H,1H3,(H,14,16). The van der Waals surface area contributed by atoms with Crippen molar-refractivity contribution < 1.29 is 9.90 Å². The Kier molecular flexibility index (Phi) is 3.49. The quantitative estimate of drug-likeness (QED) is 0.829. The molecule has 1 heterocycles. The highest BCUT2D eigenvalue weighted by Gasteiger charge is 2.09. The summed E-state index contributed by atoms with van der Waals surface area (Å²) in [5, 5.41) is 13.9. The summed E-state index contributed by atoms with van der Waals surface area (Å²) in [6.45, 7) is 1.83. The molecule has 3 nitrogen and oxygen atoms in total. The predicted molar refractivity (Wildman–Crippen MR) is 72.8 cm³/mol. The number of aromatic hydroxyl groups is 1. The molecule has 0 bridgehead atoms. The Balaban J connectivity index is 2.18. The van der Waals surface area contributed by atoms with Gasteiger partial charge >= 0.3 is 0 Å². The number of rotatable bonds is 2. The molecule has 0 atom stereocenters. The molecule has 0 saturated carbocycles. The molecule has 0 aliphatic rings. The molecule has 0 aliphatic heterocycles. The minimum atomic E-state index is -0.152. The minimum absolute atomic E-state index is 0.152. The Hall–Kier alpha value is -1.33. The van der Waals surface area contributed by atoms with Crippen molar-refractivity contribution >= 4 is 38.9 Å². The molecule has 2 N–H and O–H groups in total. The van der Waals surface area contributed by atoms with Crippen molar-refractivity contribution in [2.24, 2.45) is 0 Å². The molecular formula is C12H10BrNO2S. The van der Waals surface area contributed by atoms with Gasteiger partial charge in [0.15, 0.2) is 0 Å². The molecule has 1 aromatic carbocycles. The van der Waals surface area contributed by atoms with Crippen LogP contribution >= 0.6 is 27.3 Å². The molecule has 0 aliphatic carbocycles. The van der Waals surface area contributed by atoms with E-state index in [4.69, 9.17) is 0 Å². The average Bonchev–Trinajstić information content (AvgIpc) is 2.69. The van der Waals surface area contributed by atoms with Crippen LogP contribution in [0.3, 0.4) is 0 Å². The number of halogens is 1. The van der Waals surface area contributed by atoms with E-state index in [2.05, 4.69) is 21.2 Å². The third kappa shape index (κ3) is 2.87. The maximum atomic E-state index is 11.9. The first kappa shape index (κ1) is 12.1. The number of nitrogens with one attached hydrogen (secondary N) is 1. The lowest BCUT2D eigenvalue weighted by molar-refractivity contribution is 0.102. The Bertz CT molecular complexity index is 565. The predicted octanol–water partition coefficient (Wildman–Crippen LogP) is 3.78. The van der Waals surface area contributed by atoms with Crippen molar-refractivity contribution in [1.82, 2.24) is 0 Å². The van der Waals surface area contributed by atoms with E-state index in [9.17, 15) is 9.90 Å². The summed E-state index contributed by atoms with van der Waals surface area (Å²) in [5.41, 5.74) is 2.15. The van der Waals surface area contributed by atoms with Crippen molar-refractivity contribution in [3.05, 3.63) is 44.6 Å². The smallest absolute Gasteiger partial charge is 0.256 e. The average molecular weight is 312 g/mol. The number of hydrogen-bond acceptors (Lipinski definition) is 3. The fraction of sp³-hybridized carbons (Fsp3) is 0.0833. The molecule has 2 rings (SSSR count). The fourth-order valence-electron chi connectivity index (χ4n) is 1.41. The van der Waals surface area contributed by atoms with Crippen molar-refractivity contribution in [1.29, 1.82) is 0 Å². The molecule has 17 heavy (non-hydrogen) atoms. The van der Waals surface area contributed by atoms with Crippen LogP contribution in [-0.2, 0) is 0 Å². The summed E-state index contributed by atoms with van der Waals surface area (Å²) in [6.07, 6.45) is 0. The summed E-state index contributed by atoms with van der Waals surface area (Å²) >= 11 is 4.78. The SMILES string of the molecule is Cc1cc(O)ccc1NC(=O)c1csc(Br)c1. The number of phenolic OH excluding ortho intramolecular Hbond substituents is 1. The first-order valence-electron chi connectivity index (χ1n) is 4.91. The van der Waals surface area contributed by atoms with Crippen LogP contribution < -0.4 is 5.32 Å². The largest absolute Gasteiger partial charge is 0.508 e. The number of anilines is 1. The van der Waals surface area contributed by atoms with Gasteiger partial charge in [0.05, 0.1) is 9.35 Å². The van der Waals surface area contributed by atoms with Crippen molar-refractivity contribution in [2.75, 3.05) is 5.32 Å². The van der Waals surface area contributed by atoms with Gasteiger partial charge in [0.1, 0.15) is 5.75 Å². The van der Waals surface area contributed by atoms with E-state index in [1.807, 2.05) is 6.92 Å². The number of thiophene rings is 1. The first-order valence-corrected chi connectivity index (χ1v) is 6.58. The highest BCUT2D eigenvalue weighted by Crippen LogP contribution is 2.23. The first-order chi connectivity index (χ1) is 8.06. The number of amides is 1. The van der Waals surface area contributed by atoms with Crippen LogP contribution in [0, 0.1) is 6.92 Å². The number of hydrogen-bond donors (Lipinski definition) is 2. The van der Waals surface area contributed by atoms with Crippen LogP contribution in [0.1, 0.15) is 15.9 Å². The Morgan fingerprint density at radius 1 is 1.41 bits per heavy atom. The Labute approximate surface area is 111 Å². The van der Waals surface area contributed by atoms with Crippen LogP contribution in [0.15, 0.2) is 33.4 Å². The van der Waals surface area contributed by atoms with E-state index in [0.717, 1.165) is 9.35 Å². The van der Waals surface area contributed by atoms with E-state index in [1.165, 1.54) is 11.3 Å². The van der Waals surface area contributed by atoms with Gasteiger partial charge in [-0.1, -0.05) is 0 Å². The molecule has 0 unspecified atom stereocenters. The van der Waals surface area contributed by atoms with Gasteiger partial charge in [-0.2, -0.15) is 0 Å². The van der Waals surface area contributed by atoms with Crippen molar-refractivity contribution in [3.63, 3.8) is 0 Å². The van der Waals surface area contributed by atoms with Crippen LogP contribution in [-0.4, -0.2) is 11.0 Å². The molecule has 0 fully saturated rings. The number of carbonyl (C=O) groups is 1. The number of benzene rings is 1. The van der Waals surface area contributed by atoms with Crippen LogP contribution in [0.4, 0.5) is 5.69 Å². The Morgan fingerprint density at radius 3 is 2.76 bits per heavy atom. The molecule has 2 aromatic rings. The molecule has 0 saturated heterocycles. The van der Waals surface area contributed by atoms with Crippen LogP contribution in [0.5, 0.6) is 5.75 Å². The van der Waals surface area contributed by atoms with Gasteiger partial charge < -0.3 is 10.4 Å². The molecule has 88 valence electrons. The van der Waals surface area contributed by atoms with E-state index in [1.54, 1.807) is 29.6 Å². The third-order valence-electron chi connectivity index (χ3n) is 2.29. The Morgan fingerprint density at radius 2 is 2.18 bits per heavy atom. The zero-order valence-electron chi connectivity index (χ0n) is 9.03.